The molecule has 0 saturated heterocycles. The zero-order valence-electron chi connectivity index (χ0n) is 16.2. The predicted octanol–water partition coefficient (Wildman–Crippen LogP) is 5.33. The Morgan fingerprint density at radius 2 is 1.41 bits per heavy atom. The number of carbonyl (C=O) groups is 3. The molecule has 0 N–H and O–H groups in total. The van der Waals surface area contributed by atoms with Gasteiger partial charge in [0.05, 0.1) is 0 Å². The number of rotatable bonds is 14. The van der Waals surface area contributed by atoms with Gasteiger partial charge < -0.3 is 0 Å². The molecule has 0 fully saturated rings. The number of allylic oxidation sites excluding steroid dienone is 1. The van der Waals surface area contributed by atoms with Crippen LogP contribution in [0.5, 0.6) is 0 Å². The van der Waals surface area contributed by atoms with Crippen LogP contribution in [0, 0.1) is 0 Å². The second-order valence-electron chi connectivity index (χ2n) is 5.53. The van der Waals surface area contributed by atoms with Gasteiger partial charge >= 0.3 is 0 Å². The Morgan fingerprint density at radius 1 is 0.852 bits per heavy atom. The van der Waals surface area contributed by atoms with Crippen LogP contribution in [0.15, 0.2) is 36.5 Å². The molecule has 0 aromatic rings. The van der Waals surface area contributed by atoms with Crippen molar-refractivity contribution in [3.05, 3.63) is 36.5 Å². The summed E-state index contributed by atoms with van der Waals surface area (Å²) in [7, 11) is 0. The maximum atomic E-state index is 11.7. The lowest BCUT2D eigenvalue weighted by Gasteiger charge is -2.15. The highest BCUT2D eigenvalue weighted by Gasteiger charge is 2.13. The summed E-state index contributed by atoms with van der Waals surface area (Å²) in [4.78, 5) is 34.8. The molecular weight excluding hydrogens is 437 g/mol. The molecule has 3 nitrogen and oxygen atoms in total. The van der Waals surface area contributed by atoms with Gasteiger partial charge in [-0.2, -0.15) is 23.5 Å². The SMILES string of the molecule is C=C(C)C(=O)SCCSCC(CSC(=O)C=CC)SCCSC(=O)C(=C)C. The molecule has 0 aliphatic carbocycles. The van der Waals surface area contributed by atoms with Crippen molar-refractivity contribution in [2.45, 2.75) is 26.0 Å². The standard InChI is InChI=1S/C19H28O3S5/c1-6-7-17(20)27-13-16(24-10-11-26-19(22)15(4)5)12-23-8-9-25-18(21)14(2)3/h6-7,16H,2,4,8-13H2,1,3,5H3. The lowest BCUT2D eigenvalue weighted by atomic mass is 10.4. The van der Waals surface area contributed by atoms with Crippen molar-refractivity contribution in [3.8, 4) is 0 Å². The van der Waals surface area contributed by atoms with Crippen LogP contribution < -0.4 is 0 Å². The van der Waals surface area contributed by atoms with E-state index in [0.717, 1.165) is 34.5 Å². The molecule has 0 aromatic heterocycles. The van der Waals surface area contributed by atoms with Crippen molar-refractivity contribution in [1.29, 1.82) is 0 Å². The van der Waals surface area contributed by atoms with E-state index >= 15 is 0 Å². The van der Waals surface area contributed by atoms with Gasteiger partial charge in [-0.3, -0.25) is 14.4 Å². The maximum absolute atomic E-state index is 11.7. The van der Waals surface area contributed by atoms with E-state index in [1.54, 1.807) is 49.5 Å². The van der Waals surface area contributed by atoms with E-state index in [1.807, 2.05) is 6.92 Å². The van der Waals surface area contributed by atoms with Crippen molar-refractivity contribution in [1.82, 2.24) is 0 Å². The Balaban J connectivity index is 4.24. The molecule has 0 amide bonds. The summed E-state index contributed by atoms with van der Waals surface area (Å²) in [5.41, 5.74) is 1.16. The summed E-state index contributed by atoms with van der Waals surface area (Å²) in [5.74, 6) is 4.92. The van der Waals surface area contributed by atoms with Gasteiger partial charge in [0.2, 0.25) is 15.3 Å². The minimum absolute atomic E-state index is 0.0402. The van der Waals surface area contributed by atoms with Crippen LogP contribution in [0.4, 0.5) is 0 Å². The minimum atomic E-state index is 0.0402. The molecule has 0 spiro atoms. The van der Waals surface area contributed by atoms with E-state index in [4.69, 9.17) is 0 Å². The van der Waals surface area contributed by atoms with Crippen molar-refractivity contribution >= 4 is 74.2 Å². The zero-order chi connectivity index (χ0) is 20.7. The Morgan fingerprint density at radius 3 is 1.93 bits per heavy atom. The molecule has 152 valence electrons. The zero-order valence-corrected chi connectivity index (χ0v) is 20.2. The highest BCUT2D eigenvalue weighted by atomic mass is 32.2. The fourth-order valence-corrected chi connectivity index (χ4v) is 6.89. The molecule has 0 rings (SSSR count). The van der Waals surface area contributed by atoms with Crippen LogP contribution in [0.2, 0.25) is 0 Å². The summed E-state index contributed by atoms with van der Waals surface area (Å²) < 4.78 is 0. The van der Waals surface area contributed by atoms with Gasteiger partial charge in [0.15, 0.2) is 0 Å². The van der Waals surface area contributed by atoms with E-state index in [-0.39, 0.29) is 15.3 Å². The minimum Gasteiger partial charge on any atom is -0.282 e. The van der Waals surface area contributed by atoms with E-state index < -0.39 is 0 Å². The largest absolute Gasteiger partial charge is 0.282 e. The Hall–Kier alpha value is -0.0200. The number of hydrogen-bond donors (Lipinski definition) is 0. The van der Waals surface area contributed by atoms with E-state index in [9.17, 15) is 14.4 Å². The molecule has 0 radical (unpaired) electrons. The van der Waals surface area contributed by atoms with Gasteiger partial charge in [-0.05, 0) is 38.0 Å². The van der Waals surface area contributed by atoms with Crippen LogP contribution in [0.1, 0.15) is 20.8 Å². The van der Waals surface area contributed by atoms with Crippen molar-refractivity contribution in [2.75, 3.05) is 34.5 Å². The third-order valence-corrected chi connectivity index (χ3v) is 9.19. The third kappa shape index (κ3) is 15.6. The highest BCUT2D eigenvalue weighted by Crippen LogP contribution is 2.24. The van der Waals surface area contributed by atoms with Gasteiger partial charge in [-0.25, -0.2) is 0 Å². The number of hydrogen-bond acceptors (Lipinski definition) is 8. The predicted molar refractivity (Wildman–Crippen MR) is 130 cm³/mol. The van der Waals surface area contributed by atoms with Gasteiger partial charge in [0.1, 0.15) is 0 Å². The average molecular weight is 465 g/mol. The molecule has 0 heterocycles. The molecular formula is C19H28O3S5. The molecule has 0 saturated carbocycles. The van der Waals surface area contributed by atoms with E-state index in [0.29, 0.717) is 16.4 Å². The second-order valence-corrected chi connectivity index (χ2v) is 11.2. The van der Waals surface area contributed by atoms with Crippen LogP contribution >= 0.6 is 58.8 Å². The normalized spacial score (nSPS) is 12.1. The van der Waals surface area contributed by atoms with Crippen molar-refractivity contribution < 1.29 is 14.4 Å². The van der Waals surface area contributed by atoms with Crippen LogP contribution in [0.25, 0.3) is 0 Å². The summed E-state index contributed by atoms with van der Waals surface area (Å²) in [6, 6.07) is 0. The maximum Gasteiger partial charge on any atom is 0.214 e. The first-order valence-electron chi connectivity index (χ1n) is 8.42. The van der Waals surface area contributed by atoms with E-state index in [1.165, 1.54) is 35.3 Å². The van der Waals surface area contributed by atoms with Crippen LogP contribution in [-0.2, 0) is 14.4 Å². The first-order valence-corrected chi connectivity index (χ1v) is 13.6. The molecule has 1 atom stereocenters. The number of thioether (sulfide) groups is 5. The molecule has 1 unspecified atom stereocenters. The highest BCUT2D eigenvalue weighted by molar-refractivity contribution is 8.16. The fraction of sp³-hybridized carbons (Fsp3) is 0.526. The summed E-state index contributed by atoms with van der Waals surface area (Å²) >= 11 is 7.53. The first kappa shape index (κ1) is 27.0. The Kier molecular flexibility index (Phi) is 16.9. The molecule has 0 aromatic carbocycles. The molecule has 0 bridgehead atoms. The third-order valence-electron chi connectivity index (χ3n) is 2.85. The Labute approximate surface area is 184 Å². The van der Waals surface area contributed by atoms with Crippen LogP contribution in [0.3, 0.4) is 0 Å². The monoisotopic (exact) mass is 464 g/mol. The smallest absolute Gasteiger partial charge is 0.214 e. The molecule has 8 heteroatoms. The Bertz CT molecular complexity index is 558. The van der Waals surface area contributed by atoms with Gasteiger partial charge in [0.25, 0.3) is 0 Å². The molecule has 0 aliphatic rings. The lowest BCUT2D eigenvalue weighted by Crippen LogP contribution is -2.13. The van der Waals surface area contributed by atoms with Gasteiger partial charge in [0, 0.05) is 39.8 Å². The van der Waals surface area contributed by atoms with Gasteiger partial charge in [-0.1, -0.05) is 54.5 Å². The number of carbonyl (C=O) groups excluding carboxylic acids is 3. The quantitative estimate of drug-likeness (QED) is 0.253. The lowest BCUT2D eigenvalue weighted by molar-refractivity contribution is -0.108. The summed E-state index contributed by atoms with van der Waals surface area (Å²) in [6.45, 7) is 12.6. The second kappa shape index (κ2) is 16.9. The first-order chi connectivity index (χ1) is 12.8. The van der Waals surface area contributed by atoms with Crippen LogP contribution in [-0.4, -0.2) is 55.1 Å². The molecule has 0 aliphatic heterocycles. The topological polar surface area (TPSA) is 51.2 Å². The van der Waals surface area contributed by atoms with Crippen molar-refractivity contribution in [2.24, 2.45) is 0 Å². The van der Waals surface area contributed by atoms with E-state index in [2.05, 4.69) is 13.2 Å². The summed E-state index contributed by atoms with van der Waals surface area (Å²) in [5, 5.41) is 0.491. The van der Waals surface area contributed by atoms with Gasteiger partial charge in [-0.15, -0.1) is 0 Å². The molecule has 27 heavy (non-hydrogen) atoms. The fourth-order valence-electron chi connectivity index (χ4n) is 1.51. The van der Waals surface area contributed by atoms with Crippen molar-refractivity contribution in [3.63, 3.8) is 0 Å². The average Bonchev–Trinajstić information content (AvgIpc) is 2.61. The summed E-state index contributed by atoms with van der Waals surface area (Å²) in [6.07, 6.45) is 3.34.